The minimum absolute atomic E-state index is 0.130. The molecule has 0 aliphatic rings. The number of halogens is 2. The van der Waals surface area contributed by atoms with Crippen molar-refractivity contribution >= 4 is 45.1 Å². The Kier molecular flexibility index (Phi) is 3.61. The highest BCUT2D eigenvalue weighted by atomic mass is 35.5. The van der Waals surface area contributed by atoms with E-state index in [1.807, 2.05) is 6.92 Å². The first-order valence-electron chi connectivity index (χ1n) is 5.64. The summed E-state index contributed by atoms with van der Waals surface area (Å²) in [5.74, 6) is -0.130. The van der Waals surface area contributed by atoms with Crippen LogP contribution in [0.5, 0.6) is 0 Å². The molecule has 1 aromatic carbocycles. The zero-order valence-corrected chi connectivity index (χ0v) is 12.2. The zero-order chi connectivity index (χ0) is 14.3. The van der Waals surface area contributed by atoms with Gasteiger partial charge >= 0.3 is 0 Å². The SMILES string of the molecule is CC(=O)c1cc(C)cc2c(C(=O)Cl)c(C)c(Cl)nc12. The van der Waals surface area contributed by atoms with Gasteiger partial charge in [-0.25, -0.2) is 4.98 Å². The molecule has 1 heterocycles. The number of fused-ring (bicyclic) bond motifs is 1. The number of aryl methyl sites for hydroxylation is 1. The molecule has 0 spiro atoms. The Bertz CT molecular complexity index is 723. The summed E-state index contributed by atoms with van der Waals surface area (Å²) in [5.41, 5.74) is 2.55. The fourth-order valence-corrected chi connectivity index (χ4v) is 2.52. The number of pyridine rings is 1. The van der Waals surface area contributed by atoms with Crippen LogP contribution in [0.1, 0.15) is 38.8 Å². The molecule has 0 amide bonds. The van der Waals surface area contributed by atoms with E-state index in [0.717, 1.165) is 5.56 Å². The Morgan fingerprint density at radius 2 is 1.84 bits per heavy atom. The molecule has 19 heavy (non-hydrogen) atoms. The molecular weight excluding hydrogens is 285 g/mol. The van der Waals surface area contributed by atoms with Gasteiger partial charge in [0.15, 0.2) is 5.78 Å². The van der Waals surface area contributed by atoms with Crippen LogP contribution in [0.2, 0.25) is 5.15 Å². The molecule has 0 aliphatic carbocycles. The third kappa shape index (κ3) is 2.36. The van der Waals surface area contributed by atoms with E-state index in [-0.39, 0.29) is 10.9 Å². The number of Topliss-reactive ketones (excluding diaryl/α,β-unsaturated/α-hetero) is 1. The van der Waals surface area contributed by atoms with E-state index >= 15 is 0 Å². The fraction of sp³-hybridized carbons (Fsp3) is 0.214. The number of carbonyl (C=O) groups excluding carboxylic acids is 2. The Morgan fingerprint density at radius 3 is 2.37 bits per heavy atom. The standard InChI is InChI=1S/C14H11Cl2NO2/c1-6-4-9(8(3)18)12-10(5-6)11(14(16)19)7(2)13(15)17-12/h4-5H,1-3H3. The van der Waals surface area contributed by atoms with Gasteiger partial charge in [-0.05, 0) is 55.6 Å². The van der Waals surface area contributed by atoms with Crippen LogP contribution >= 0.6 is 23.2 Å². The molecule has 0 aliphatic heterocycles. The minimum Gasteiger partial charge on any atom is -0.294 e. The highest BCUT2D eigenvalue weighted by Gasteiger charge is 2.19. The van der Waals surface area contributed by atoms with E-state index in [9.17, 15) is 9.59 Å². The van der Waals surface area contributed by atoms with E-state index in [4.69, 9.17) is 23.2 Å². The van der Waals surface area contributed by atoms with Gasteiger partial charge in [-0.2, -0.15) is 0 Å². The van der Waals surface area contributed by atoms with Crippen LogP contribution in [-0.2, 0) is 0 Å². The number of nitrogens with zero attached hydrogens (tertiary/aromatic N) is 1. The van der Waals surface area contributed by atoms with Gasteiger partial charge in [0, 0.05) is 16.5 Å². The first-order valence-corrected chi connectivity index (χ1v) is 6.39. The minimum atomic E-state index is -0.605. The van der Waals surface area contributed by atoms with E-state index in [1.165, 1.54) is 6.92 Å². The van der Waals surface area contributed by atoms with Crippen molar-refractivity contribution in [3.63, 3.8) is 0 Å². The van der Waals surface area contributed by atoms with E-state index in [2.05, 4.69) is 4.98 Å². The zero-order valence-electron chi connectivity index (χ0n) is 10.7. The predicted molar refractivity (Wildman–Crippen MR) is 76.4 cm³/mol. The van der Waals surface area contributed by atoms with Gasteiger partial charge in [-0.1, -0.05) is 11.6 Å². The largest absolute Gasteiger partial charge is 0.294 e. The molecule has 0 unspecified atom stereocenters. The second-order valence-corrected chi connectivity index (χ2v) is 5.14. The van der Waals surface area contributed by atoms with Gasteiger partial charge in [0.05, 0.1) is 5.52 Å². The Hall–Kier alpha value is -1.45. The first kappa shape index (κ1) is 14.0. The highest BCUT2D eigenvalue weighted by molar-refractivity contribution is 6.69. The molecule has 2 rings (SSSR count). The molecule has 5 heteroatoms. The van der Waals surface area contributed by atoms with Gasteiger partial charge in [0.2, 0.25) is 0 Å². The van der Waals surface area contributed by atoms with Crippen LogP contribution in [0.25, 0.3) is 10.9 Å². The second-order valence-electron chi connectivity index (χ2n) is 4.44. The number of rotatable bonds is 2. The smallest absolute Gasteiger partial charge is 0.253 e. The van der Waals surface area contributed by atoms with Crippen LogP contribution in [0.15, 0.2) is 12.1 Å². The average Bonchev–Trinajstić information content (AvgIpc) is 2.29. The fourth-order valence-electron chi connectivity index (χ4n) is 2.10. The quantitative estimate of drug-likeness (QED) is 0.476. The molecule has 0 fully saturated rings. The predicted octanol–water partition coefficient (Wildman–Crippen LogP) is 4.09. The summed E-state index contributed by atoms with van der Waals surface area (Å²) in [4.78, 5) is 27.5. The lowest BCUT2D eigenvalue weighted by Gasteiger charge is -2.11. The van der Waals surface area contributed by atoms with Crippen molar-refractivity contribution in [3.8, 4) is 0 Å². The lowest BCUT2D eigenvalue weighted by molar-refractivity contribution is 0.101. The van der Waals surface area contributed by atoms with Crippen LogP contribution < -0.4 is 0 Å². The number of benzene rings is 1. The monoisotopic (exact) mass is 295 g/mol. The summed E-state index contributed by atoms with van der Waals surface area (Å²) in [7, 11) is 0. The molecular formula is C14H11Cl2NO2. The molecule has 3 nitrogen and oxygen atoms in total. The maximum atomic E-state index is 11.7. The van der Waals surface area contributed by atoms with Gasteiger partial charge in [-0.15, -0.1) is 0 Å². The molecule has 0 radical (unpaired) electrons. The van der Waals surface area contributed by atoms with Crippen molar-refractivity contribution in [3.05, 3.63) is 39.5 Å². The van der Waals surface area contributed by atoms with Crippen molar-refractivity contribution in [1.29, 1.82) is 0 Å². The summed E-state index contributed by atoms with van der Waals surface area (Å²) < 4.78 is 0. The Labute approximate surface area is 120 Å². The first-order chi connectivity index (χ1) is 8.82. The van der Waals surface area contributed by atoms with Gasteiger partial charge in [-0.3, -0.25) is 9.59 Å². The lowest BCUT2D eigenvalue weighted by Crippen LogP contribution is -2.03. The maximum Gasteiger partial charge on any atom is 0.253 e. The summed E-state index contributed by atoms with van der Waals surface area (Å²) in [6.07, 6.45) is 0. The van der Waals surface area contributed by atoms with Crippen molar-refractivity contribution in [2.24, 2.45) is 0 Å². The van der Waals surface area contributed by atoms with E-state index in [1.54, 1.807) is 19.1 Å². The van der Waals surface area contributed by atoms with Crippen LogP contribution in [0, 0.1) is 13.8 Å². The van der Waals surface area contributed by atoms with Crippen molar-refractivity contribution in [1.82, 2.24) is 4.98 Å². The maximum absolute atomic E-state index is 11.7. The second kappa shape index (κ2) is 4.91. The van der Waals surface area contributed by atoms with E-state index < -0.39 is 5.24 Å². The number of carbonyl (C=O) groups is 2. The third-order valence-corrected chi connectivity index (χ3v) is 3.55. The summed E-state index contributed by atoms with van der Waals surface area (Å²) in [6, 6.07) is 3.51. The van der Waals surface area contributed by atoms with Gasteiger partial charge in [0.25, 0.3) is 5.24 Å². The number of hydrogen-bond donors (Lipinski definition) is 0. The number of aromatic nitrogens is 1. The third-order valence-electron chi connectivity index (χ3n) is 2.99. The van der Waals surface area contributed by atoms with Crippen LogP contribution in [0.3, 0.4) is 0 Å². The molecule has 0 saturated carbocycles. The molecule has 98 valence electrons. The van der Waals surface area contributed by atoms with Gasteiger partial charge in [0.1, 0.15) is 5.15 Å². The number of hydrogen-bond acceptors (Lipinski definition) is 3. The topological polar surface area (TPSA) is 47.0 Å². The van der Waals surface area contributed by atoms with E-state index in [0.29, 0.717) is 27.6 Å². The molecule has 0 atom stereocenters. The van der Waals surface area contributed by atoms with Crippen molar-refractivity contribution in [2.45, 2.75) is 20.8 Å². The normalized spacial score (nSPS) is 10.8. The molecule has 2 aromatic rings. The Morgan fingerprint density at radius 1 is 1.21 bits per heavy atom. The number of ketones is 1. The van der Waals surface area contributed by atoms with Crippen LogP contribution in [0.4, 0.5) is 0 Å². The molecule has 1 aromatic heterocycles. The summed E-state index contributed by atoms with van der Waals surface area (Å²) in [6.45, 7) is 4.98. The Balaban J connectivity index is 3.06. The summed E-state index contributed by atoms with van der Waals surface area (Å²) >= 11 is 11.7. The van der Waals surface area contributed by atoms with Crippen LogP contribution in [-0.4, -0.2) is 16.0 Å². The highest BCUT2D eigenvalue weighted by Crippen LogP contribution is 2.30. The van der Waals surface area contributed by atoms with Crippen molar-refractivity contribution < 1.29 is 9.59 Å². The average molecular weight is 296 g/mol. The van der Waals surface area contributed by atoms with Gasteiger partial charge < -0.3 is 0 Å². The van der Waals surface area contributed by atoms with Crippen molar-refractivity contribution in [2.75, 3.05) is 0 Å². The summed E-state index contributed by atoms with van der Waals surface area (Å²) in [5, 5.41) is 0.141. The molecule has 0 saturated heterocycles. The molecule has 0 N–H and O–H groups in total. The molecule has 0 bridgehead atoms. The lowest BCUT2D eigenvalue weighted by atomic mass is 9.98.